The first-order chi connectivity index (χ1) is 23.0. The van der Waals surface area contributed by atoms with Crippen LogP contribution in [0.15, 0.2) is 103 Å². The molecule has 0 spiro atoms. The molecule has 1 aliphatic carbocycles. The van der Waals surface area contributed by atoms with Gasteiger partial charge in [0, 0.05) is 23.1 Å². The number of fused-ring (bicyclic) bond motifs is 6. The Morgan fingerprint density at radius 2 is 1.64 bits per heavy atom. The molecule has 6 heteroatoms. The average molecular weight is 637 g/mol. The van der Waals surface area contributed by atoms with E-state index in [1.165, 1.54) is 85.7 Å². The molecule has 4 unspecified atom stereocenters. The van der Waals surface area contributed by atoms with E-state index in [4.69, 9.17) is 0 Å². The molecule has 0 saturated heterocycles. The lowest BCUT2D eigenvalue weighted by molar-refractivity contribution is -0.407. The molecule has 0 bridgehead atoms. The van der Waals surface area contributed by atoms with Crippen molar-refractivity contribution >= 4 is 46.4 Å². The number of allylic oxidation sites excluding steroid dienone is 1. The summed E-state index contributed by atoms with van der Waals surface area (Å²) in [6.07, 6.45) is 9.80. The second-order valence-electron chi connectivity index (χ2n) is 13.7. The molecule has 0 amide bonds. The second-order valence-corrected chi connectivity index (χ2v) is 15.4. The maximum Gasteiger partial charge on any atom is 0.245 e. The molecule has 47 heavy (non-hydrogen) atoms. The van der Waals surface area contributed by atoms with Crippen LogP contribution in [0.4, 0.5) is 5.69 Å². The molecule has 3 aromatic carbocycles. The van der Waals surface area contributed by atoms with Gasteiger partial charge in [0.25, 0.3) is 0 Å². The van der Waals surface area contributed by atoms with Crippen LogP contribution in [-0.4, -0.2) is 15.1 Å². The maximum atomic E-state index is 4.38. The number of hydrogen-bond acceptors (Lipinski definition) is 2. The number of hydrogen-bond donors (Lipinski definition) is 2. The van der Waals surface area contributed by atoms with Gasteiger partial charge in [0.05, 0.1) is 23.3 Å². The predicted octanol–water partition coefficient (Wildman–Crippen LogP) is 10.1. The van der Waals surface area contributed by atoms with Gasteiger partial charge in [-0.15, -0.1) is 0 Å². The summed E-state index contributed by atoms with van der Waals surface area (Å²) < 4.78 is 7.76. The van der Waals surface area contributed by atoms with Crippen LogP contribution in [0.5, 0.6) is 0 Å². The first-order valence-corrected chi connectivity index (χ1v) is 18.7. The summed E-state index contributed by atoms with van der Waals surface area (Å²) in [4.78, 5) is 0. The van der Waals surface area contributed by atoms with E-state index in [-0.39, 0.29) is 18.1 Å². The van der Waals surface area contributed by atoms with Crippen molar-refractivity contribution in [1.82, 2.24) is 8.97 Å². The van der Waals surface area contributed by atoms with Crippen molar-refractivity contribution in [3.8, 4) is 0 Å². The summed E-state index contributed by atoms with van der Waals surface area (Å²) in [5.41, 5.74) is 12.0. The molecule has 1 aliphatic heterocycles. The number of pyridine rings is 1. The molecule has 1 saturated carbocycles. The third-order valence-corrected chi connectivity index (χ3v) is 13.2. The van der Waals surface area contributed by atoms with Gasteiger partial charge in [-0.25, -0.2) is 9.49 Å². The van der Waals surface area contributed by atoms with Gasteiger partial charge in [0.15, 0.2) is 5.25 Å². The fourth-order valence-electron chi connectivity index (χ4n) is 8.47. The van der Waals surface area contributed by atoms with Gasteiger partial charge in [-0.1, -0.05) is 86.2 Å². The summed E-state index contributed by atoms with van der Waals surface area (Å²) in [5, 5.41) is 12.6. The molecule has 1 fully saturated rings. The molecule has 5 heterocycles. The van der Waals surface area contributed by atoms with E-state index in [2.05, 4.69) is 154 Å². The van der Waals surface area contributed by atoms with Crippen molar-refractivity contribution in [2.45, 2.75) is 77.4 Å². The van der Waals surface area contributed by atoms with Crippen LogP contribution in [0.2, 0.25) is 0 Å². The minimum atomic E-state index is -0.995. The first-order valence-electron chi connectivity index (χ1n) is 17.4. The molecular formula is C41H43N5P+. The Bertz CT molecular complexity index is 2350. The number of benzene rings is 3. The van der Waals surface area contributed by atoms with E-state index in [0.717, 1.165) is 6.42 Å². The Morgan fingerprint density at radius 1 is 0.872 bits per heavy atom. The standard InChI is InChI=1S/C41H43N5P/c1-5-29-13-6-7-16-31(29)34-22-21-27(3)44-37-20-11-9-18-33(37)35-23-24-38-45-28(4)25-26(2)41(45)47(46(38)40(35)44)43-39(34)42-36-19-10-8-17-32(36)30-14-12-15-30/h6-11,13,16-25,27,30,34,39,42-43H,5,12,14-15H2,1-4H3/q+1. The molecule has 236 valence electrons. The van der Waals surface area contributed by atoms with Crippen LogP contribution < -0.4 is 14.6 Å². The lowest BCUT2D eigenvalue weighted by Gasteiger charge is -2.33. The zero-order valence-electron chi connectivity index (χ0n) is 27.7. The summed E-state index contributed by atoms with van der Waals surface area (Å²) >= 11 is 0. The first kappa shape index (κ1) is 28.9. The number of rotatable bonds is 5. The Balaban J connectivity index is 1.37. The summed E-state index contributed by atoms with van der Waals surface area (Å²) in [6, 6.07) is 34.3. The highest BCUT2D eigenvalue weighted by molar-refractivity contribution is 7.49. The zero-order chi connectivity index (χ0) is 31.8. The lowest BCUT2D eigenvalue weighted by Crippen LogP contribution is -2.38. The van der Waals surface area contributed by atoms with Gasteiger partial charge >= 0.3 is 0 Å². The number of anilines is 1. The monoisotopic (exact) mass is 636 g/mol. The van der Waals surface area contributed by atoms with Crippen molar-refractivity contribution in [2.75, 3.05) is 10.4 Å². The molecular weight excluding hydrogens is 593 g/mol. The molecule has 0 radical (unpaired) electrons. The molecule has 7 aromatic rings. The molecule has 2 N–H and O–H groups in total. The van der Waals surface area contributed by atoms with E-state index in [0.29, 0.717) is 5.92 Å². The highest BCUT2D eigenvalue weighted by Crippen LogP contribution is 2.44. The molecule has 5 nitrogen and oxygen atoms in total. The minimum absolute atomic E-state index is 0.0359. The Labute approximate surface area is 277 Å². The third kappa shape index (κ3) is 4.36. The van der Waals surface area contributed by atoms with Crippen molar-refractivity contribution < 1.29 is 4.16 Å². The maximum absolute atomic E-state index is 4.38. The number of aromatic nitrogens is 3. The SMILES string of the molecule is CCc1ccccc1C1C=CC(C)n2c3ccccc3c3ccc4n5c(C)cc(C)c5p([n+]4c32)NC1Nc1ccccc1C1CCC1. The summed E-state index contributed by atoms with van der Waals surface area (Å²) in [5.74, 6) is 0.752. The number of para-hydroxylation sites is 2. The average Bonchev–Trinajstić information content (AvgIpc) is 3.68. The number of nitrogens with zero attached hydrogens (tertiary/aromatic N) is 3. The van der Waals surface area contributed by atoms with Crippen LogP contribution in [0.3, 0.4) is 0 Å². The normalized spacial score (nSPS) is 20.5. The van der Waals surface area contributed by atoms with Gasteiger partial charge in [0.1, 0.15) is 13.4 Å². The van der Waals surface area contributed by atoms with Crippen LogP contribution >= 0.6 is 7.84 Å². The third-order valence-electron chi connectivity index (χ3n) is 10.9. The summed E-state index contributed by atoms with van der Waals surface area (Å²) in [6.45, 7) is 9.20. The van der Waals surface area contributed by atoms with E-state index in [9.17, 15) is 0 Å². The molecule has 4 atom stereocenters. The van der Waals surface area contributed by atoms with Crippen LogP contribution in [0.1, 0.15) is 78.9 Å². The van der Waals surface area contributed by atoms with E-state index < -0.39 is 7.84 Å². The van der Waals surface area contributed by atoms with Crippen molar-refractivity contribution in [2.24, 2.45) is 0 Å². The van der Waals surface area contributed by atoms with Crippen LogP contribution in [0, 0.1) is 13.8 Å². The van der Waals surface area contributed by atoms with Crippen molar-refractivity contribution in [3.63, 3.8) is 0 Å². The predicted molar refractivity (Wildman–Crippen MR) is 198 cm³/mol. The topological polar surface area (TPSA) is 37.5 Å². The Kier molecular flexibility index (Phi) is 6.85. The fourth-order valence-corrected chi connectivity index (χ4v) is 11.0. The van der Waals surface area contributed by atoms with Gasteiger partial charge < -0.3 is 5.32 Å². The number of nitrogens with one attached hydrogen (secondary N) is 2. The number of aryl methyl sites for hydroxylation is 3. The fraction of sp³-hybridized carbons (Fsp3) is 0.293. The van der Waals surface area contributed by atoms with E-state index >= 15 is 0 Å². The second kappa shape index (κ2) is 11.1. The highest BCUT2D eigenvalue weighted by atomic mass is 31.1. The molecule has 4 aromatic heterocycles. The van der Waals surface area contributed by atoms with Crippen LogP contribution in [0.25, 0.3) is 32.8 Å². The van der Waals surface area contributed by atoms with Gasteiger partial charge in [-0.3, -0.25) is 4.57 Å². The minimum Gasteiger partial charge on any atom is -0.368 e. The lowest BCUT2D eigenvalue weighted by atomic mass is 9.79. The van der Waals surface area contributed by atoms with Gasteiger partial charge in [-0.2, -0.15) is 4.16 Å². The van der Waals surface area contributed by atoms with Crippen molar-refractivity contribution in [1.29, 1.82) is 0 Å². The van der Waals surface area contributed by atoms with Gasteiger partial charge in [0.2, 0.25) is 11.3 Å². The quantitative estimate of drug-likeness (QED) is 0.185. The van der Waals surface area contributed by atoms with Gasteiger partial charge in [-0.05, 0) is 92.5 Å². The summed E-state index contributed by atoms with van der Waals surface area (Å²) in [7, 11) is -0.995. The molecule has 9 rings (SSSR count). The Hall–Kier alpha value is -4.31. The Morgan fingerprint density at radius 3 is 2.45 bits per heavy atom. The van der Waals surface area contributed by atoms with Crippen molar-refractivity contribution in [3.05, 3.63) is 131 Å². The zero-order valence-corrected chi connectivity index (χ0v) is 28.6. The van der Waals surface area contributed by atoms with E-state index in [1.54, 1.807) is 0 Å². The highest BCUT2D eigenvalue weighted by Gasteiger charge is 2.34. The molecule has 2 aliphatic rings. The smallest absolute Gasteiger partial charge is 0.245 e. The van der Waals surface area contributed by atoms with Crippen LogP contribution in [-0.2, 0) is 6.42 Å². The van der Waals surface area contributed by atoms with E-state index in [1.807, 2.05) is 0 Å². The largest absolute Gasteiger partial charge is 0.368 e.